The Bertz CT molecular complexity index is 2840. The SMILES string of the molecule is [2H]c1c([2H])c([2H])c2c(c1[2H])c1c([2H])c(-n3c4ccccc4c4ccccc43)c([2H])c([2H])c1n2-c1cccc(-c2cccc(-c3ccccc3)c2)c1. The molecule has 44 heavy (non-hydrogen) atoms. The summed E-state index contributed by atoms with van der Waals surface area (Å²) in [5.41, 5.74) is 6.58. The van der Waals surface area contributed by atoms with Crippen LogP contribution in [0.2, 0.25) is 0 Å². The largest absolute Gasteiger partial charge is 0.309 e. The topological polar surface area (TPSA) is 9.86 Å². The summed E-state index contributed by atoms with van der Waals surface area (Å²) in [6, 6.07) is 39.6. The number of aromatic nitrogens is 2. The number of hydrogen-bond donors (Lipinski definition) is 0. The fourth-order valence-corrected chi connectivity index (χ4v) is 6.37. The highest BCUT2D eigenvalue weighted by Gasteiger charge is 2.16. The molecule has 0 N–H and O–H groups in total. The van der Waals surface area contributed by atoms with Gasteiger partial charge in [-0.1, -0.05) is 115 Å². The first kappa shape index (κ1) is 18.6. The predicted molar refractivity (Wildman–Crippen MR) is 186 cm³/mol. The van der Waals surface area contributed by atoms with Crippen LogP contribution in [-0.4, -0.2) is 9.13 Å². The lowest BCUT2D eigenvalue weighted by Gasteiger charge is -2.12. The van der Waals surface area contributed by atoms with Crippen LogP contribution in [0.5, 0.6) is 0 Å². The van der Waals surface area contributed by atoms with E-state index < -0.39 is 12.1 Å². The molecule has 7 aromatic carbocycles. The molecule has 0 fully saturated rings. The van der Waals surface area contributed by atoms with Crippen molar-refractivity contribution in [3.63, 3.8) is 0 Å². The average molecular weight is 568 g/mol. The minimum atomic E-state index is -0.419. The monoisotopic (exact) mass is 567 g/mol. The van der Waals surface area contributed by atoms with Crippen molar-refractivity contribution in [2.24, 2.45) is 0 Å². The lowest BCUT2D eigenvalue weighted by atomic mass is 9.99. The van der Waals surface area contributed by atoms with Gasteiger partial charge in [0.1, 0.15) is 0 Å². The number of hydrogen-bond acceptors (Lipinski definition) is 0. The summed E-state index contributed by atoms with van der Waals surface area (Å²) in [6.45, 7) is 0. The maximum atomic E-state index is 9.74. The molecule has 0 amide bonds. The van der Waals surface area contributed by atoms with Crippen LogP contribution in [0.4, 0.5) is 0 Å². The van der Waals surface area contributed by atoms with E-state index in [0.717, 1.165) is 44.1 Å². The molecule has 0 aliphatic heterocycles. The molecule has 0 atom stereocenters. The Morgan fingerprint density at radius 3 is 1.70 bits per heavy atom. The Morgan fingerprint density at radius 2 is 0.932 bits per heavy atom. The van der Waals surface area contributed by atoms with E-state index in [9.17, 15) is 4.11 Å². The second kappa shape index (κ2) is 9.86. The van der Waals surface area contributed by atoms with Gasteiger partial charge in [-0.05, 0) is 76.8 Å². The van der Waals surface area contributed by atoms with Gasteiger partial charge >= 0.3 is 0 Å². The molecular weight excluding hydrogens is 532 g/mol. The van der Waals surface area contributed by atoms with Crippen LogP contribution in [-0.2, 0) is 0 Å². The first-order chi connectivity index (χ1) is 24.8. The molecule has 0 saturated heterocycles. The normalized spacial score (nSPS) is 13.9. The molecular formula is C42H28N2. The number of fused-ring (bicyclic) bond motifs is 6. The Balaban J connectivity index is 1.38. The summed E-state index contributed by atoms with van der Waals surface area (Å²) >= 11 is 0. The van der Waals surface area contributed by atoms with Crippen molar-refractivity contribution in [1.82, 2.24) is 9.13 Å². The van der Waals surface area contributed by atoms with Gasteiger partial charge in [0.2, 0.25) is 0 Å². The van der Waals surface area contributed by atoms with Gasteiger partial charge in [-0.3, -0.25) is 0 Å². The fourth-order valence-electron chi connectivity index (χ4n) is 6.37. The third-order valence-electron chi connectivity index (χ3n) is 8.36. The zero-order valence-electron chi connectivity index (χ0n) is 30.5. The van der Waals surface area contributed by atoms with Gasteiger partial charge in [0.15, 0.2) is 0 Å². The van der Waals surface area contributed by atoms with Gasteiger partial charge in [0, 0.05) is 32.9 Å². The number of benzene rings is 7. The number of rotatable bonds is 4. The van der Waals surface area contributed by atoms with E-state index in [4.69, 9.17) is 5.48 Å². The van der Waals surface area contributed by atoms with Crippen molar-refractivity contribution in [2.75, 3.05) is 0 Å². The van der Waals surface area contributed by atoms with Crippen LogP contribution in [0.15, 0.2) is 170 Å². The summed E-state index contributed by atoms with van der Waals surface area (Å²) in [6.07, 6.45) is 0. The van der Waals surface area contributed by atoms with Gasteiger partial charge in [0.05, 0.1) is 31.7 Å². The maximum Gasteiger partial charge on any atom is 0.0652 e. The van der Waals surface area contributed by atoms with E-state index in [1.807, 2.05) is 108 Å². The second-order valence-electron chi connectivity index (χ2n) is 10.9. The Hall–Kier alpha value is -5.86. The molecule has 0 radical (unpaired) electrons. The second-order valence-corrected chi connectivity index (χ2v) is 10.9. The fraction of sp³-hybridized carbons (Fsp3) is 0. The summed E-state index contributed by atoms with van der Waals surface area (Å²) < 4.78 is 67.6. The molecule has 0 bridgehead atoms. The Labute approximate surface area is 265 Å². The molecule has 0 spiro atoms. The number of nitrogens with zero attached hydrogens (tertiary/aromatic N) is 2. The van der Waals surface area contributed by atoms with E-state index in [0.29, 0.717) is 5.69 Å². The van der Waals surface area contributed by atoms with Gasteiger partial charge in [-0.25, -0.2) is 0 Å². The van der Waals surface area contributed by atoms with Crippen molar-refractivity contribution in [1.29, 1.82) is 0 Å². The molecule has 9 aromatic rings. The minimum Gasteiger partial charge on any atom is -0.309 e. The summed E-state index contributed by atoms with van der Waals surface area (Å²) in [7, 11) is 0. The van der Waals surface area contributed by atoms with Crippen LogP contribution in [0.1, 0.15) is 9.60 Å². The highest BCUT2D eigenvalue weighted by Crippen LogP contribution is 2.37. The molecule has 0 aliphatic carbocycles. The van der Waals surface area contributed by atoms with E-state index in [1.165, 1.54) is 0 Å². The third-order valence-corrected chi connectivity index (χ3v) is 8.36. The highest BCUT2D eigenvalue weighted by atomic mass is 15.0. The molecule has 0 saturated carbocycles. The first-order valence-electron chi connectivity index (χ1n) is 18.0. The lowest BCUT2D eigenvalue weighted by molar-refractivity contribution is 1.17. The van der Waals surface area contributed by atoms with Crippen molar-refractivity contribution in [3.05, 3.63) is 170 Å². The zero-order valence-corrected chi connectivity index (χ0v) is 23.5. The minimum absolute atomic E-state index is 0.0852. The molecule has 2 nitrogen and oxygen atoms in total. The van der Waals surface area contributed by atoms with E-state index >= 15 is 0 Å². The molecule has 2 heteroatoms. The first-order valence-corrected chi connectivity index (χ1v) is 14.5. The molecule has 206 valence electrons. The van der Waals surface area contributed by atoms with Gasteiger partial charge in [-0.15, -0.1) is 0 Å². The Morgan fingerprint density at radius 1 is 0.364 bits per heavy atom. The smallest absolute Gasteiger partial charge is 0.0652 e. The maximum absolute atomic E-state index is 9.74. The summed E-state index contributed by atoms with van der Waals surface area (Å²) in [5, 5.41) is 2.23. The molecule has 9 rings (SSSR count). The van der Waals surface area contributed by atoms with E-state index in [1.54, 1.807) is 4.57 Å². The molecule has 2 heterocycles. The number of para-hydroxylation sites is 3. The van der Waals surface area contributed by atoms with E-state index in [-0.39, 0.29) is 57.7 Å². The summed E-state index contributed by atoms with van der Waals surface area (Å²) in [4.78, 5) is 0. The van der Waals surface area contributed by atoms with Crippen LogP contribution in [0.3, 0.4) is 0 Å². The van der Waals surface area contributed by atoms with Crippen LogP contribution in [0, 0.1) is 0 Å². The molecule has 0 aliphatic rings. The quantitative estimate of drug-likeness (QED) is 0.200. The lowest BCUT2D eigenvalue weighted by Crippen LogP contribution is -1.96. The van der Waals surface area contributed by atoms with Gasteiger partial charge < -0.3 is 9.13 Å². The summed E-state index contributed by atoms with van der Waals surface area (Å²) in [5.74, 6) is 0. The van der Waals surface area contributed by atoms with Crippen molar-refractivity contribution >= 4 is 43.6 Å². The van der Waals surface area contributed by atoms with E-state index in [2.05, 4.69) is 24.3 Å². The average Bonchev–Trinajstić information content (AvgIpc) is 3.71. The standard InChI is InChI=1S/C42H28N2/c1-2-12-29(13-3-1)30-14-10-15-31(26-30)32-16-11-17-33(27-32)43-41-23-9-6-20-37(41)38-28-34(24-25-42(38)43)44-39-21-7-4-18-35(39)36-19-5-8-22-40(36)44/h1-28H/i6D,9D,20D,23D,24D,25D,28D. The molecule has 2 aromatic heterocycles. The van der Waals surface area contributed by atoms with Gasteiger partial charge in [-0.2, -0.15) is 0 Å². The zero-order chi connectivity index (χ0) is 35.1. The van der Waals surface area contributed by atoms with Crippen LogP contribution >= 0.6 is 0 Å². The third kappa shape index (κ3) is 3.82. The highest BCUT2D eigenvalue weighted by molar-refractivity contribution is 6.12. The van der Waals surface area contributed by atoms with Crippen molar-refractivity contribution in [3.8, 4) is 33.6 Å². The van der Waals surface area contributed by atoms with Crippen molar-refractivity contribution < 1.29 is 9.60 Å². The predicted octanol–water partition coefficient (Wildman–Crippen LogP) is 11.2. The van der Waals surface area contributed by atoms with Gasteiger partial charge in [0.25, 0.3) is 0 Å². The van der Waals surface area contributed by atoms with Crippen LogP contribution in [0.25, 0.3) is 77.2 Å². The Kier molecular flexibility index (Phi) is 4.17. The molecule has 0 unspecified atom stereocenters. The van der Waals surface area contributed by atoms with Crippen molar-refractivity contribution in [2.45, 2.75) is 0 Å². The van der Waals surface area contributed by atoms with Crippen LogP contribution < -0.4 is 0 Å².